The summed E-state index contributed by atoms with van der Waals surface area (Å²) in [5.41, 5.74) is 1.06. The minimum Gasteiger partial charge on any atom is -0.454 e. The van der Waals surface area contributed by atoms with E-state index in [1.165, 1.54) is 0 Å². The van der Waals surface area contributed by atoms with Crippen LogP contribution in [0, 0.1) is 0 Å². The highest BCUT2D eigenvalue weighted by molar-refractivity contribution is 6.36. The maximum Gasteiger partial charge on any atom is 0.311 e. The molecule has 1 aliphatic rings. The predicted molar refractivity (Wildman–Crippen MR) is 96.5 cm³/mol. The van der Waals surface area contributed by atoms with E-state index in [2.05, 4.69) is 5.32 Å². The van der Waals surface area contributed by atoms with Gasteiger partial charge in [-0.05, 0) is 30.8 Å². The lowest BCUT2D eigenvalue weighted by atomic mass is 9.84. The van der Waals surface area contributed by atoms with Crippen LogP contribution in [0.25, 0.3) is 0 Å². The molecule has 0 aliphatic carbocycles. The highest BCUT2D eigenvalue weighted by Crippen LogP contribution is 2.35. The fourth-order valence-corrected chi connectivity index (χ4v) is 3.65. The maximum atomic E-state index is 12.6. The van der Waals surface area contributed by atoms with Crippen LogP contribution in [0.1, 0.15) is 24.0 Å². The molecule has 2 aromatic carbocycles. The van der Waals surface area contributed by atoms with E-state index in [9.17, 15) is 4.79 Å². The number of piperidine rings is 1. The lowest BCUT2D eigenvalue weighted by Gasteiger charge is -2.37. The molecule has 1 N–H and O–H groups in total. The van der Waals surface area contributed by atoms with Crippen molar-refractivity contribution in [3.63, 3.8) is 0 Å². The van der Waals surface area contributed by atoms with Crippen molar-refractivity contribution in [2.75, 3.05) is 13.1 Å². The average Bonchev–Trinajstić information content (AvgIpc) is 2.60. The molecule has 0 atom stereocenters. The number of carbonyl (C=O) groups excluding carboxylic acids is 1. The van der Waals surface area contributed by atoms with Crippen LogP contribution in [0.3, 0.4) is 0 Å². The lowest BCUT2D eigenvalue weighted by molar-refractivity contribution is -0.163. The summed E-state index contributed by atoms with van der Waals surface area (Å²) in [6, 6.07) is 15.2. The number of hydrogen-bond acceptors (Lipinski definition) is 3. The van der Waals surface area contributed by atoms with Crippen molar-refractivity contribution in [2.45, 2.75) is 24.9 Å². The molecular weight excluding hydrogens is 345 g/mol. The normalized spacial score (nSPS) is 16.6. The summed E-state index contributed by atoms with van der Waals surface area (Å²) in [5.74, 6) is -0.309. The molecule has 3 rings (SSSR count). The molecule has 5 heteroatoms. The Bertz CT molecular complexity index is 692. The van der Waals surface area contributed by atoms with E-state index in [4.69, 9.17) is 27.9 Å². The molecule has 0 spiro atoms. The van der Waals surface area contributed by atoms with Crippen molar-refractivity contribution in [1.82, 2.24) is 5.32 Å². The standard InChI is InChI=1S/C19H19Cl2NO2/c20-16-7-4-8-17(21)15(16)13-18(23)24-19(9-11-22-12-10-19)14-5-2-1-3-6-14/h1-8,22H,9-13H2. The van der Waals surface area contributed by atoms with Crippen molar-refractivity contribution in [3.05, 3.63) is 69.7 Å². The molecule has 0 aromatic heterocycles. The Labute approximate surface area is 151 Å². The van der Waals surface area contributed by atoms with E-state index in [-0.39, 0.29) is 12.4 Å². The van der Waals surface area contributed by atoms with Crippen LogP contribution < -0.4 is 5.32 Å². The van der Waals surface area contributed by atoms with Crippen molar-refractivity contribution < 1.29 is 9.53 Å². The van der Waals surface area contributed by atoms with Crippen molar-refractivity contribution in [1.29, 1.82) is 0 Å². The zero-order valence-corrected chi connectivity index (χ0v) is 14.7. The second-order valence-corrected chi connectivity index (χ2v) is 6.78. The molecular formula is C19H19Cl2NO2. The third-order valence-corrected chi connectivity index (χ3v) is 5.11. The van der Waals surface area contributed by atoms with Gasteiger partial charge in [-0.15, -0.1) is 0 Å². The quantitative estimate of drug-likeness (QED) is 0.820. The van der Waals surface area contributed by atoms with Crippen LogP contribution in [0.5, 0.6) is 0 Å². The summed E-state index contributed by atoms with van der Waals surface area (Å²) >= 11 is 12.3. The minimum absolute atomic E-state index is 0.0700. The van der Waals surface area contributed by atoms with Gasteiger partial charge in [0.1, 0.15) is 5.60 Å². The summed E-state index contributed by atoms with van der Waals surface area (Å²) in [6.07, 6.45) is 1.57. The van der Waals surface area contributed by atoms with Gasteiger partial charge in [0, 0.05) is 28.5 Å². The molecule has 0 radical (unpaired) electrons. The van der Waals surface area contributed by atoms with Gasteiger partial charge in [0.2, 0.25) is 0 Å². The molecule has 24 heavy (non-hydrogen) atoms. The number of rotatable bonds is 4. The second kappa shape index (κ2) is 7.56. The van der Waals surface area contributed by atoms with Crippen LogP contribution >= 0.6 is 23.2 Å². The Morgan fingerprint density at radius 2 is 1.62 bits per heavy atom. The smallest absolute Gasteiger partial charge is 0.311 e. The third kappa shape index (κ3) is 3.75. The number of esters is 1. The molecule has 3 nitrogen and oxygen atoms in total. The Morgan fingerprint density at radius 3 is 2.25 bits per heavy atom. The Morgan fingerprint density at radius 1 is 1.00 bits per heavy atom. The Kier molecular flexibility index (Phi) is 5.44. The summed E-state index contributed by atoms with van der Waals surface area (Å²) < 4.78 is 5.98. The molecule has 126 valence electrons. The largest absolute Gasteiger partial charge is 0.454 e. The predicted octanol–water partition coefficient (Wildman–Crippen LogP) is 4.36. The lowest BCUT2D eigenvalue weighted by Crippen LogP contribution is -2.43. The molecule has 0 bridgehead atoms. The molecule has 0 saturated carbocycles. The molecule has 0 amide bonds. The minimum atomic E-state index is -0.586. The van der Waals surface area contributed by atoms with Gasteiger partial charge < -0.3 is 10.1 Å². The fourth-order valence-electron chi connectivity index (χ4n) is 3.12. The van der Waals surface area contributed by atoms with E-state index in [1.807, 2.05) is 30.3 Å². The van der Waals surface area contributed by atoms with Crippen LogP contribution in [-0.4, -0.2) is 19.1 Å². The topological polar surface area (TPSA) is 38.3 Å². The first-order valence-electron chi connectivity index (χ1n) is 8.02. The van der Waals surface area contributed by atoms with E-state index in [1.54, 1.807) is 18.2 Å². The van der Waals surface area contributed by atoms with Crippen LogP contribution in [-0.2, 0) is 21.6 Å². The molecule has 0 unspecified atom stereocenters. The second-order valence-electron chi connectivity index (χ2n) is 5.96. The molecule has 1 fully saturated rings. The van der Waals surface area contributed by atoms with Crippen LogP contribution in [0.15, 0.2) is 48.5 Å². The van der Waals surface area contributed by atoms with Crippen molar-refractivity contribution >= 4 is 29.2 Å². The number of nitrogens with one attached hydrogen (secondary N) is 1. The first-order chi connectivity index (χ1) is 11.6. The van der Waals surface area contributed by atoms with Gasteiger partial charge in [-0.3, -0.25) is 4.79 Å². The number of ether oxygens (including phenoxy) is 1. The average molecular weight is 364 g/mol. The maximum absolute atomic E-state index is 12.6. The van der Waals surface area contributed by atoms with Gasteiger partial charge in [-0.25, -0.2) is 0 Å². The fraction of sp³-hybridized carbons (Fsp3) is 0.316. The van der Waals surface area contributed by atoms with Crippen molar-refractivity contribution in [2.24, 2.45) is 0 Å². The Balaban J connectivity index is 1.82. The van der Waals surface area contributed by atoms with E-state index >= 15 is 0 Å². The SMILES string of the molecule is O=C(Cc1c(Cl)cccc1Cl)OC1(c2ccccc2)CCNCC1. The molecule has 1 aliphatic heterocycles. The highest BCUT2D eigenvalue weighted by Gasteiger charge is 2.37. The molecule has 1 saturated heterocycles. The first kappa shape index (κ1) is 17.3. The first-order valence-corrected chi connectivity index (χ1v) is 8.77. The summed E-state index contributed by atoms with van der Waals surface area (Å²) in [6.45, 7) is 1.63. The molecule has 1 heterocycles. The number of benzene rings is 2. The zero-order chi connectivity index (χ0) is 17.0. The van der Waals surface area contributed by atoms with Gasteiger partial charge in [0.05, 0.1) is 6.42 Å². The van der Waals surface area contributed by atoms with Gasteiger partial charge in [-0.2, -0.15) is 0 Å². The zero-order valence-electron chi connectivity index (χ0n) is 13.2. The highest BCUT2D eigenvalue weighted by atomic mass is 35.5. The number of carbonyl (C=O) groups is 1. The summed E-state index contributed by atoms with van der Waals surface area (Å²) in [5, 5.41) is 4.29. The van der Waals surface area contributed by atoms with E-state index in [0.29, 0.717) is 15.6 Å². The van der Waals surface area contributed by atoms with Gasteiger partial charge in [-0.1, -0.05) is 59.6 Å². The Hall–Kier alpha value is -1.55. The van der Waals surface area contributed by atoms with Crippen LogP contribution in [0.4, 0.5) is 0 Å². The number of hydrogen-bond donors (Lipinski definition) is 1. The van der Waals surface area contributed by atoms with Crippen LogP contribution in [0.2, 0.25) is 10.0 Å². The van der Waals surface area contributed by atoms with Crippen molar-refractivity contribution in [3.8, 4) is 0 Å². The number of halogens is 2. The van der Waals surface area contributed by atoms with Gasteiger partial charge in [0.15, 0.2) is 0 Å². The molecule has 2 aromatic rings. The van der Waals surface area contributed by atoms with E-state index in [0.717, 1.165) is 31.5 Å². The summed E-state index contributed by atoms with van der Waals surface area (Å²) in [7, 11) is 0. The van der Waals surface area contributed by atoms with E-state index < -0.39 is 5.60 Å². The van der Waals surface area contributed by atoms with Gasteiger partial charge >= 0.3 is 5.97 Å². The third-order valence-electron chi connectivity index (χ3n) is 4.40. The summed E-state index contributed by atoms with van der Waals surface area (Å²) in [4.78, 5) is 12.6. The monoisotopic (exact) mass is 363 g/mol. The van der Waals surface area contributed by atoms with Gasteiger partial charge in [0.25, 0.3) is 0 Å².